The molecule has 2 aliphatic heterocycles. The van der Waals surface area contributed by atoms with E-state index in [-0.39, 0.29) is 18.4 Å². The minimum atomic E-state index is -0.786. The number of hydrogen-bond donors (Lipinski definition) is 0. The molecular formula is C34H32N2O3. The molecule has 39 heavy (non-hydrogen) atoms. The van der Waals surface area contributed by atoms with E-state index in [1.807, 2.05) is 102 Å². The van der Waals surface area contributed by atoms with Crippen LogP contribution in [0.5, 0.6) is 0 Å². The summed E-state index contributed by atoms with van der Waals surface area (Å²) >= 11 is 0. The van der Waals surface area contributed by atoms with Crippen molar-refractivity contribution < 1.29 is 14.3 Å². The molecule has 0 N–H and O–H groups in total. The summed E-state index contributed by atoms with van der Waals surface area (Å²) in [6, 6.07) is 40.1. The van der Waals surface area contributed by atoms with E-state index < -0.39 is 11.0 Å². The summed E-state index contributed by atoms with van der Waals surface area (Å²) in [7, 11) is 0. The molecule has 0 bridgehead atoms. The van der Waals surface area contributed by atoms with Crippen molar-refractivity contribution in [3.8, 4) is 0 Å². The third kappa shape index (κ3) is 4.43. The minimum Gasteiger partial charge on any atom is -0.362 e. The van der Waals surface area contributed by atoms with Crippen molar-refractivity contribution in [1.82, 2.24) is 9.80 Å². The van der Waals surface area contributed by atoms with Crippen molar-refractivity contribution >= 4 is 11.8 Å². The summed E-state index contributed by atoms with van der Waals surface area (Å²) < 4.78 is 6.48. The molecule has 5 nitrogen and oxygen atoms in total. The van der Waals surface area contributed by atoms with E-state index in [4.69, 9.17) is 4.74 Å². The van der Waals surface area contributed by atoms with Crippen LogP contribution in [0.3, 0.4) is 0 Å². The Bertz CT molecular complexity index is 1350. The molecule has 4 aromatic carbocycles. The van der Waals surface area contributed by atoms with Gasteiger partial charge in [0, 0.05) is 13.1 Å². The second kappa shape index (κ2) is 10.5. The van der Waals surface area contributed by atoms with Gasteiger partial charge in [-0.25, -0.2) is 0 Å². The lowest BCUT2D eigenvalue weighted by Crippen LogP contribution is -2.54. The molecule has 0 unspecified atom stereocenters. The van der Waals surface area contributed by atoms with Crippen molar-refractivity contribution in [3.05, 3.63) is 144 Å². The van der Waals surface area contributed by atoms with Gasteiger partial charge in [0.25, 0.3) is 0 Å². The average molecular weight is 517 g/mol. The Hall–Kier alpha value is -4.22. The molecule has 0 saturated carbocycles. The molecule has 2 aliphatic rings. The number of benzene rings is 4. The van der Waals surface area contributed by atoms with Crippen LogP contribution in [0.1, 0.15) is 28.7 Å². The monoisotopic (exact) mass is 516 g/mol. The molecule has 0 atom stereocenters. The first-order valence-corrected chi connectivity index (χ1v) is 13.6. The molecule has 2 saturated heterocycles. The first-order chi connectivity index (χ1) is 19.1. The van der Waals surface area contributed by atoms with Crippen LogP contribution in [0.15, 0.2) is 121 Å². The predicted molar refractivity (Wildman–Crippen MR) is 151 cm³/mol. The minimum absolute atomic E-state index is 0.0149. The number of morpholine rings is 1. The summed E-state index contributed by atoms with van der Waals surface area (Å²) in [4.78, 5) is 31.6. The van der Waals surface area contributed by atoms with E-state index >= 15 is 0 Å². The Balaban J connectivity index is 1.27. The Morgan fingerprint density at radius 3 is 1.62 bits per heavy atom. The third-order valence-electron chi connectivity index (χ3n) is 8.22. The van der Waals surface area contributed by atoms with E-state index in [9.17, 15) is 9.59 Å². The Kier molecular flexibility index (Phi) is 6.76. The van der Waals surface area contributed by atoms with Crippen molar-refractivity contribution in [2.24, 2.45) is 0 Å². The van der Waals surface area contributed by atoms with Gasteiger partial charge in [-0.3, -0.25) is 9.59 Å². The fourth-order valence-corrected chi connectivity index (χ4v) is 6.21. The van der Waals surface area contributed by atoms with Crippen molar-refractivity contribution in [2.45, 2.75) is 17.4 Å². The Labute approximate surface area is 229 Å². The summed E-state index contributed by atoms with van der Waals surface area (Å²) in [6.45, 7) is 1.89. The lowest BCUT2D eigenvalue weighted by Gasteiger charge is -2.44. The summed E-state index contributed by atoms with van der Waals surface area (Å²) in [6.07, 6.45) is 0.633. The molecule has 0 spiro atoms. The standard InChI is InChI=1S/C34H32N2O3/c37-31(36-23-24-39-34(26-36,29-17-9-3-10-18-29)30-19-11-4-12-20-30)25-35-22-21-33(32(35)38,27-13-5-1-6-14-27)28-15-7-2-8-16-28/h1-20H,21-26H2. The third-order valence-corrected chi connectivity index (χ3v) is 8.22. The lowest BCUT2D eigenvalue weighted by atomic mass is 9.73. The van der Waals surface area contributed by atoms with Gasteiger partial charge < -0.3 is 14.5 Å². The van der Waals surface area contributed by atoms with Gasteiger partial charge in [-0.05, 0) is 28.7 Å². The van der Waals surface area contributed by atoms with Gasteiger partial charge in [0.15, 0.2) is 0 Å². The number of likely N-dealkylation sites (tertiary alicyclic amines) is 1. The van der Waals surface area contributed by atoms with E-state index in [0.717, 1.165) is 22.3 Å². The molecule has 2 heterocycles. The van der Waals surface area contributed by atoms with E-state index in [1.165, 1.54) is 0 Å². The number of carbonyl (C=O) groups excluding carboxylic acids is 2. The lowest BCUT2D eigenvalue weighted by molar-refractivity contribution is -0.150. The molecule has 0 aromatic heterocycles. The fourth-order valence-electron chi connectivity index (χ4n) is 6.21. The zero-order valence-corrected chi connectivity index (χ0v) is 21.9. The highest BCUT2D eigenvalue weighted by molar-refractivity contribution is 5.96. The maximum absolute atomic E-state index is 14.1. The van der Waals surface area contributed by atoms with Gasteiger partial charge in [-0.1, -0.05) is 121 Å². The van der Waals surface area contributed by atoms with Gasteiger partial charge in [0.05, 0.1) is 19.7 Å². The van der Waals surface area contributed by atoms with Crippen molar-refractivity contribution in [3.63, 3.8) is 0 Å². The maximum Gasteiger partial charge on any atom is 0.242 e. The SMILES string of the molecule is O=C(CN1CCC(c2ccccc2)(c2ccccc2)C1=O)N1CCOC(c2ccccc2)(c2ccccc2)C1. The Morgan fingerprint density at radius 1 is 0.667 bits per heavy atom. The topological polar surface area (TPSA) is 49.9 Å². The van der Waals surface area contributed by atoms with E-state index in [0.29, 0.717) is 32.7 Å². The first kappa shape index (κ1) is 25.1. The molecule has 196 valence electrons. The summed E-state index contributed by atoms with van der Waals surface area (Å²) in [5.41, 5.74) is 2.41. The van der Waals surface area contributed by atoms with Crippen LogP contribution < -0.4 is 0 Å². The van der Waals surface area contributed by atoms with Crippen molar-refractivity contribution in [1.29, 1.82) is 0 Å². The molecule has 0 radical (unpaired) electrons. The molecule has 4 aromatic rings. The molecule has 5 heteroatoms. The number of amides is 2. The van der Waals surface area contributed by atoms with E-state index in [2.05, 4.69) is 24.3 Å². The van der Waals surface area contributed by atoms with Gasteiger partial charge in [-0.2, -0.15) is 0 Å². The largest absolute Gasteiger partial charge is 0.362 e. The van der Waals surface area contributed by atoms with Gasteiger partial charge >= 0.3 is 0 Å². The second-order valence-corrected chi connectivity index (χ2v) is 10.3. The summed E-state index contributed by atoms with van der Waals surface area (Å²) in [5, 5.41) is 0. The highest BCUT2D eigenvalue weighted by Crippen LogP contribution is 2.42. The second-order valence-electron chi connectivity index (χ2n) is 10.3. The number of carbonyl (C=O) groups is 2. The van der Waals surface area contributed by atoms with Crippen LogP contribution in [-0.2, 0) is 25.3 Å². The van der Waals surface area contributed by atoms with Gasteiger partial charge in [0.2, 0.25) is 11.8 Å². The Morgan fingerprint density at radius 2 is 1.13 bits per heavy atom. The maximum atomic E-state index is 14.1. The quantitative estimate of drug-likeness (QED) is 0.362. The first-order valence-electron chi connectivity index (χ1n) is 13.6. The normalized spacial score (nSPS) is 18.2. The molecule has 0 aliphatic carbocycles. The molecule has 2 amide bonds. The highest BCUT2D eigenvalue weighted by atomic mass is 16.5. The highest BCUT2D eigenvalue weighted by Gasteiger charge is 2.50. The van der Waals surface area contributed by atoms with Crippen LogP contribution in [-0.4, -0.2) is 54.4 Å². The summed E-state index contributed by atoms with van der Waals surface area (Å²) in [5.74, 6) is -0.0706. The molecular weight excluding hydrogens is 484 g/mol. The average Bonchev–Trinajstić information content (AvgIpc) is 3.35. The predicted octanol–water partition coefficient (Wildman–Crippen LogP) is 5.01. The molecule has 2 fully saturated rings. The smallest absolute Gasteiger partial charge is 0.242 e. The van der Waals surface area contributed by atoms with Gasteiger partial charge in [-0.15, -0.1) is 0 Å². The van der Waals surface area contributed by atoms with Crippen LogP contribution in [0.25, 0.3) is 0 Å². The fraction of sp³-hybridized carbons (Fsp3) is 0.235. The zero-order valence-electron chi connectivity index (χ0n) is 21.9. The molecule has 6 rings (SSSR count). The zero-order chi connectivity index (χ0) is 26.7. The number of hydrogen-bond acceptors (Lipinski definition) is 3. The van der Waals surface area contributed by atoms with Crippen LogP contribution in [0, 0.1) is 0 Å². The van der Waals surface area contributed by atoms with Crippen LogP contribution in [0.2, 0.25) is 0 Å². The number of rotatable bonds is 6. The number of nitrogens with zero attached hydrogens (tertiary/aromatic N) is 2. The van der Waals surface area contributed by atoms with Gasteiger partial charge in [0.1, 0.15) is 11.0 Å². The van der Waals surface area contributed by atoms with E-state index in [1.54, 1.807) is 4.90 Å². The van der Waals surface area contributed by atoms with Crippen LogP contribution >= 0.6 is 0 Å². The number of ether oxygens (including phenoxy) is 1. The van der Waals surface area contributed by atoms with Crippen molar-refractivity contribution in [2.75, 3.05) is 32.8 Å². The van der Waals surface area contributed by atoms with Crippen LogP contribution in [0.4, 0.5) is 0 Å².